The molecule has 0 aromatic carbocycles. The van der Waals surface area contributed by atoms with E-state index in [0.717, 1.165) is 42.1 Å². The van der Waals surface area contributed by atoms with Gasteiger partial charge in [0.2, 0.25) is 0 Å². The Hall–Kier alpha value is -2.27. The number of hydrogen-bond donors (Lipinski definition) is 1. The zero-order valence-electron chi connectivity index (χ0n) is 14.9. The summed E-state index contributed by atoms with van der Waals surface area (Å²) < 4.78 is 7.55. The van der Waals surface area contributed by atoms with Gasteiger partial charge in [-0.05, 0) is 56.8 Å². The number of amides is 1. The van der Waals surface area contributed by atoms with Crippen LogP contribution in [0.5, 0.6) is 0 Å². The first-order chi connectivity index (χ1) is 12.0. The molecule has 5 heteroatoms. The Labute approximate surface area is 152 Å². The summed E-state index contributed by atoms with van der Waals surface area (Å²) in [7, 11) is 0. The second-order valence-electron chi connectivity index (χ2n) is 6.44. The lowest BCUT2D eigenvalue weighted by Crippen LogP contribution is -2.33. The van der Waals surface area contributed by atoms with Crippen LogP contribution in [0.15, 0.2) is 46.4 Å². The fourth-order valence-electron chi connectivity index (χ4n) is 3.02. The van der Waals surface area contributed by atoms with Gasteiger partial charge in [0, 0.05) is 28.7 Å². The molecule has 0 fully saturated rings. The summed E-state index contributed by atoms with van der Waals surface area (Å²) in [6.07, 6.45) is 3.36. The Kier molecular flexibility index (Phi) is 5.43. The molecule has 3 heterocycles. The van der Waals surface area contributed by atoms with Crippen molar-refractivity contribution in [2.45, 2.75) is 46.2 Å². The molecule has 1 unspecified atom stereocenters. The van der Waals surface area contributed by atoms with Crippen molar-refractivity contribution in [1.82, 2.24) is 9.88 Å². The first-order valence-corrected chi connectivity index (χ1v) is 9.45. The van der Waals surface area contributed by atoms with Gasteiger partial charge >= 0.3 is 0 Å². The third-order valence-corrected chi connectivity index (χ3v) is 5.35. The standard InChI is InChI=1S/C20H24N2O2S/c1-14(8-9-17-6-4-10-24-17)21-20(23)19-12-15(2)22(16(19)3)13-18-7-5-11-25-18/h4-7,10-12,14H,8-9,13H2,1-3H3,(H,21,23). The van der Waals surface area contributed by atoms with E-state index in [9.17, 15) is 4.79 Å². The molecule has 0 bridgehead atoms. The predicted octanol–water partition coefficient (Wildman–Crippen LogP) is 4.56. The molecule has 0 radical (unpaired) electrons. The van der Waals surface area contributed by atoms with Gasteiger partial charge < -0.3 is 14.3 Å². The molecule has 0 spiro atoms. The van der Waals surface area contributed by atoms with Gasteiger partial charge in [-0.1, -0.05) is 6.07 Å². The summed E-state index contributed by atoms with van der Waals surface area (Å²) in [6, 6.07) is 10.1. The summed E-state index contributed by atoms with van der Waals surface area (Å²) in [5.41, 5.74) is 2.89. The maximum absolute atomic E-state index is 12.7. The molecule has 0 aliphatic rings. The van der Waals surface area contributed by atoms with Crippen molar-refractivity contribution in [2.75, 3.05) is 0 Å². The lowest BCUT2D eigenvalue weighted by atomic mass is 10.1. The molecular formula is C20H24N2O2S. The van der Waals surface area contributed by atoms with Crippen LogP contribution < -0.4 is 5.32 Å². The second-order valence-corrected chi connectivity index (χ2v) is 7.48. The van der Waals surface area contributed by atoms with Gasteiger partial charge in [0.15, 0.2) is 0 Å². The van der Waals surface area contributed by atoms with E-state index >= 15 is 0 Å². The number of hydrogen-bond acceptors (Lipinski definition) is 3. The molecular weight excluding hydrogens is 332 g/mol. The van der Waals surface area contributed by atoms with Crippen molar-refractivity contribution < 1.29 is 9.21 Å². The smallest absolute Gasteiger partial charge is 0.253 e. The molecule has 0 aliphatic heterocycles. The Balaban J connectivity index is 1.63. The molecule has 3 rings (SSSR count). The van der Waals surface area contributed by atoms with Gasteiger partial charge in [-0.2, -0.15) is 0 Å². The number of aryl methyl sites for hydroxylation is 2. The van der Waals surface area contributed by atoms with E-state index in [0.29, 0.717) is 0 Å². The van der Waals surface area contributed by atoms with E-state index in [-0.39, 0.29) is 11.9 Å². The van der Waals surface area contributed by atoms with Crippen LogP contribution in [0.3, 0.4) is 0 Å². The SMILES string of the molecule is Cc1cc(C(=O)NC(C)CCc2ccco2)c(C)n1Cc1cccs1. The first-order valence-electron chi connectivity index (χ1n) is 8.57. The van der Waals surface area contributed by atoms with E-state index in [4.69, 9.17) is 4.42 Å². The molecule has 0 saturated heterocycles. The van der Waals surface area contributed by atoms with Crippen LogP contribution in [-0.4, -0.2) is 16.5 Å². The topological polar surface area (TPSA) is 47.2 Å². The van der Waals surface area contributed by atoms with E-state index in [1.54, 1.807) is 17.6 Å². The van der Waals surface area contributed by atoms with Crippen LogP contribution in [0.4, 0.5) is 0 Å². The van der Waals surface area contributed by atoms with E-state index < -0.39 is 0 Å². The molecule has 3 aromatic rings. The first kappa shape index (κ1) is 17.5. The summed E-state index contributed by atoms with van der Waals surface area (Å²) in [5.74, 6) is 0.952. The average Bonchev–Trinajstić information content (AvgIpc) is 3.31. The number of carbonyl (C=O) groups is 1. The normalized spacial score (nSPS) is 12.3. The summed E-state index contributed by atoms with van der Waals surface area (Å²) in [6.45, 7) is 6.92. The largest absolute Gasteiger partial charge is 0.469 e. The molecule has 1 atom stereocenters. The van der Waals surface area contributed by atoms with Crippen molar-refractivity contribution in [3.05, 3.63) is 69.6 Å². The number of carbonyl (C=O) groups excluding carboxylic acids is 1. The van der Waals surface area contributed by atoms with E-state index in [1.807, 2.05) is 32.0 Å². The maximum atomic E-state index is 12.7. The number of aromatic nitrogens is 1. The Morgan fingerprint density at radius 3 is 2.84 bits per heavy atom. The van der Waals surface area contributed by atoms with Crippen LogP contribution in [0, 0.1) is 13.8 Å². The van der Waals surface area contributed by atoms with Gasteiger partial charge in [-0.25, -0.2) is 0 Å². The Bertz CT molecular complexity index is 816. The van der Waals surface area contributed by atoms with Crippen LogP contribution >= 0.6 is 11.3 Å². The zero-order chi connectivity index (χ0) is 17.8. The van der Waals surface area contributed by atoms with Crippen molar-refractivity contribution >= 4 is 17.2 Å². The monoisotopic (exact) mass is 356 g/mol. The highest BCUT2D eigenvalue weighted by Gasteiger charge is 2.17. The van der Waals surface area contributed by atoms with Crippen molar-refractivity contribution in [2.24, 2.45) is 0 Å². The van der Waals surface area contributed by atoms with Gasteiger partial charge in [0.05, 0.1) is 18.4 Å². The lowest BCUT2D eigenvalue weighted by Gasteiger charge is -2.13. The van der Waals surface area contributed by atoms with Gasteiger partial charge in [0.25, 0.3) is 5.91 Å². The fourth-order valence-corrected chi connectivity index (χ4v) is 3.71. The van der Waals surface area contributed by atoms with Gasteiger partial charge in [0.1, 0.15) is 5.76 Å². The number of nitrogens with one attached hydrogen (secondary N) is 1. The van der Waals surface area contributed by atoms with Crippen LogP contribution in [0.2, 0.25) is 0 Å². The summed E-state index contributed by atoms with van der Waals surface area (Å²) in [4.78, 5) is 14.0. The highest BCUT2D eigenvalue weighted by molar-refractivity contribution is 7.09. The zero-order valence-corrected chi connectivity index (χ0v) is 15.7. The van der Waals surface area contributed by atoms with Crippen LogP contribution in [-0.2, 0) is 13.0 Å². The van der Waals surface area contributed by atoms with Gasteiger partial charge in [-0.15, -0.1) is 11.3 Å². The van der Waals surface area contributed by atoms with Crippen LogP contribution in [0.25, 0.3) is 0 Å². The number of rotatable bonds is 7. The highest BCUT2D eigenvalue weighted by atomic mass is 32.1. The quantitative estimate of drug-likeness (QED) is 0.675. The molecule has 1 N–H and O–H groups in total. The molecule has 132 valence electrons. The number of furan rings is 1. The maximum Gasteiger partial charge on any atom is 0.253 e. The van der Waals surface area contributed by atoms with Crippen molar-refractivity contribution in [3.63, 3.8) is 0 Å². The average molecular weight is 356 g/mol. The molecule has 0 saturated carbocycles. The van der Waals surface area contributed by atoms with Gasteiger partial charge in [-0.3, -0.25) is 4.79 Å². The highest BCUT2D eigenvalue weighted by Crippen LogP contribution is 2.19. The fraction of sp³-hybridized carbons (Fsp3) is 0.350. The minimum Gasteiger partial charge on any atom is -0.469 e. The molecule has 25 heavy (non-hydrogen) atoms. The summed E-state index contributed by atoms with van der Waals surface area (Å²) in [5, 5.41) is 5.19. The minimum absolute atomic E-state index is 0.00234. The Morgan fingerprint density at radius 2 is 2.16 bits per heavy atom. The number of nitrogens with zero attached hydrogens (tertiary/aromatic N) is 1. The summed E-state index contributed by atoms with van der Waals surface area (Å²) >= 11 is 1.74. The van der Waals surface area contributed by atoms with Crippen molar-refractivity contribution in [1.29, 1.82) is 0 Å². The van der Waals surface area contributed by atoms with E-state index in [1.165, 1.54) is 4.88 Å². The third-order valence-electron chi connectivity index (χ3n) is 4.49. The predicted molar refractivity (Wildman–Crippen MR) is 101 cm³/mol. The van der Waals surface area contributed by atoms with E-state index in [2.05, 4.69) is 34.3 Å². The molecule has 0 aliphatic carbocycles. The third kappa shape index (κ3) is 4.23. The molecule has 3 aromatic heterocycles. The van der Waals surface area contributed by atoms with Crippen LogP contribution in [0.1, 0.15) is 45.7 Å². The Morgan fingerprint density at radius 1 is 1.32 bits per heavy atom. The minimum atomic E-state index is -0.00234. The lowest BCUT2D eigenvalue weighted by molar-refractivity contribution is 0.0937. The second kappa shape index (κ2) is 7.74. The number of thiophene rings is 1. The molecule has 1 amide bonds. The van der Waals surface area contributed by atoms with Crippen molar-refractivity contribution in [3.8, 4) is 0 Å². The molecule has 4 nitrogen and oxygen atoms in total.